The van der Waals surface area contributed by atoms with E-state index in [9.17, 15) is 4.79 Å². The molecule has 0 heterocycles. The van der Waals surface area contributed by atoms with Crippen molar-refractivity contribution in [2.45, 2.75) is 38.6 Å². The van der Waals surface area contributed by atoms with Crippen molar-refractivity contribution in [1.29, 1.82) is 0 Å². The van der Waals surface area contributed by atoms with E-state index in [0.29, 0.717) is 12.6 Å². The molecule has 0 spiro atoms. The van der Waals surface area contributed by atoms with Crippen molar-refractivity contribution >= 4 is 5.91 Å². The highest BCUT2D eigenvalue weighted by Crippen LogP contribution is 2.49. The minimum Gasteiger partial charge on any atom is -0.352 e. The topological polar surface area (TPSA) is 32.3 Å². The van der Waals surface area contributed by atoms with E-state index in [2.05, 4.69) is 12.2 Å². The quantitative estimate of drug-likeness (QED) is 0.784. The van der Waals surface area contributed by atoms with Crippen LogP contribution in [0, 0.1) is 17.8 Å². The maximum Gasteiger partial charge on any atom is 0.234 e. The summed E-state index contributed by atoms with van der Waals surface area (Å²) < 4.78 is 0. The van der Waals surface area contributed by atoms with Gasteiger partial charge < -0.3 is 10.2 Å². The molecule has 0 aliphatic heterocycles. The molecule has 0 aromatic rings. The van der Waals surface area contributed by atoms with E-state index in [1.807, 2.05) is 19.0 Å². The minimum absolute atomic E-state index is 0.167. The third-order valence-corrected chi connectivity index (χ3v) is 4.28. The highest BCUT2D eigenvalue weighted by Gasteiger charge is 2.42. The number of carbonyl (C=O) groups excluding carboxylic acids is 1. The van der Waals surface area contributed by atoms with Gasteiger partial charge in [0.15, 0.2) is 0 Å². The molecule has 2 fully saturated rings. The van der Waals surface area contributed by atoms with Gasteiger partial charge in [0.25, 0.3) is 0 Å². The molecule has 0 saturated heterocycles. The normalized spacial score (nSPS) is 34.4. The van der Waals surface area contributed by atoms with Crippen molar-refractivity contribution in [3.8, 4) is 0 Å². The van der Waals surface area contributed by atoms with Crippen molar-refractivity contribution < 1.29 is 4.79 Å². The average molecular weight is 224 g/mol. The molecule has 2 aliphatic rings. The molecule has 0 unspecified atom stereocenters. The van der Waals surface area contributed by atoms with Gasteiger partial charge in [-0.15, -0.1) is 0 Å². The second-order valence-electron chi connectivity index (χ2n) is 5.93. The molecule has 0 aromatic carbocycles. The predicted octanol–water partition coefficient (Wildman–Crippen LogP) is 1.49. The van der Waals surface area contributed by atoms with Crippen LogP contribution in [-0.4, -0.2) is 37.5 Å². The Labute approximate surface area is 98.6 Å². The summed E-state index contributed by atoms with van der Waals surface area (Å²) in [5, 5.41) is 3.16. The first kappa shape index (κ1) is 11.9. The number of rotatable bonds is 4. The summed E-state index contributed by atoms with van der Waals surface area (Å²) in [7, 11) is 3.86. The number of hydrogen-bond acceptors (Lipinski definition) is 2. The molecule has 16 heavy (non-hydrogen) atoms. The van der Waals surface area contributed by atoms with E-state index < -0.39 is 0 Å². The van der Waals surface area contributed by atoms with Crippen LogP contribution >= 0.6 is 0 Å². The van der Waals surface area contributed by atoms with Crippen LogP contribution in [0.25, 0.3) is 0 Å². The Morgan fingerprint density at radius 3 is 2.62 bits per heavy atom. The Balaban J connectivity index is 1.80. The Bertz CT molecular complexity index is 265. The standard InChI is InChI=1S/C13H24N2O/c1-9(14-13(16)8-15(2)3)12-7-10-4-5-11(12)6-10/h9-12H,4-8H2,1-3H3,(H,14,16)/t9-,10-,11-,12-/m1/s1. The van der Waals surface area contributed by atoms with Gasteiger partial charge in [0.1, 0.15) is 0 Å². The van der Waals surface area contributed by atoms with Gasteiger partial charge >= 0.3 is 0 Å². The van der Waals surface area contributed by atoms with Crippen molar-refractivity contribution in [3.05, 3.63) is 0 Å². The van der Waals surface area contributed by atoms with Crippen LogP contribution < -0.4 is 5.32 Å². The maximum atomic E-state index is 11.7. The molecule has 4 atom stereocenters. The van der Waals surface area contributed by atoms with Crippen molar-refractivity contribution in [3.63, 3.8) is 0 Å². The summed E-state index contributed by atoms with van der Waals surface area (Å²) in [5.41, 5.74) is 0. The highest BCUT2D eigenvalue weighted by molar-refractivity contribution is 5.78. The van der Waals surface area contributed by atoms with Crippen LogP contribution in [0.5, 0.6) is 0 Å². The first-order chi connectivity index (χ1) is 7.56. The van der Waals surface area contributed by atoms with E-state index in [1.165, 1.54) is 25.7 Å². The third-order valence-electron chi connectivity index (χ3n) is 4.28. The van der Waals surface area contributed by atoms with Gasteiger partial charge in [-0.2, -0.15) is 0 Å². The van der Waals surface area contributed by atoms with Crippen molar-refractivity contribution in [1.82, 2.24) is 10.2 Å². The smallest absolute Gasteiger partial charge is 0.234 e. The van der Waals surface area contributed by atoms with Gasteiger partial charge in [0.05, 0.1) is 6.54 Å². The monoisotopic (exact) mass is 224 g/mol. The van der Waals surface area contributed by atoms with Gasteiger partial charge in [0.2, 0.25) is 5.91 Å². The van der Waals surface area contributed by atoms with Gasteiger partial charge in [-0.05, 0) is 58.0 Å². The van der Waals surface area contributed by atoms with E-state index in [-0.39, 0.29) is 5.91 Å². The van der Waals surface area contributed by atoms with E-state index >= 15 is 0 Å². The van der Waals surface area contributed by atoms with Gasteiger partial charge in [0, 0.05) is 6.04 Å². The number of nitrogens with zero attached hydrogens (tertiary/aromatic N) is 1. The Morgan fingerprint density at radius 2 is 2.12 bits per heavy atom. The molecule has 1 amide bonds. The maximum absolute atomic E-state index is 11.7. The van der Waals surface area contributed by atoms with Crippen LogP contribution in [0.1, 0.15) is 32.6 Å². The Morgan fingerprint density at radius 1 is 1.38 bits per heavy atom. The molecule has 0 aromatic heterocycles. The molecule has 2 bridgehead atoms. The number of carbonyl (C=O) groups is 1. The summed E-state index contributed by atoms with van der Waals surface area (Å²) in [5.74, 6) is 2.76. The summed E-state index contributed by atoms with van der Waals surface area (Å²) >= 11 is 0. The summed E-state index contributed by atoms with van der Waals surface area (Å²) in [4.78, 5) is 13.6. The van der Waals surface area contributed by atoms with Gasteiger partial charge in [-0.25, -0.2) is 0 Å². The summed E-state index contributed by atoms with van der Waals surface area (Å²) in [6.07, 6.45) is 5.58. The van der Waals surface area contributed by atoms with E-state index in [4.69, 9.17) is 0 Å². The van der Waals surface area contributed by atoms with Gasteiger partial charge in [-0.1, -0.05) is 6.42 Å². The number of hydrogen-bond donors (Lipinski definition) is 1. The molecule has 1 N–H and O–H groups in total. The fraction of sp³-hybridized carbons (Fsp3) is 0.923. The average Bonchev–Trinajstić information content (AvgIpc) is 2.76. The molecular weight excluding hydrogens is 200 g/mol. The molecule has 2 rings (SSSR count). The SMILES string of the molecule is C[C@@H](NC(=O)CN(C)C)[C@H]1C[C@@H]2CC[C@@H]1C2. The van der Waals surface area contributed by atoms with Crippen molar-refractivity contribution in [2.75, 3.05) is 20.6 Å². The van der Waals surface area contributed by atoms with Crippen molar-refractivity contribution in [2.24, 2.45) is 17.8 Å². The first-order valence-corrected chi connectivity index (χ1v) is 6.50. The number of amides is 1. The molecule has 3 nitrogen and oxygen atoms in total. The Kier molecular flexibility index (Phi) is 3.53. The predicted molar refractivity (Wildman–Crippen MR) is 65.1 cm³/mol. The zero-order valence-corrected chi connectivity index (χ0v) is 10.7. The lowest BCUT2D eigenvalue weighted by molar-refractivity contribution is -0.122. The van der Waals surface area contributed by atoms with Crippen LogP contribution in [0.3, 0.4) is 0 Å². The van der Waals surface area contributed by atoms with E-state index in [1.54, 1.807) is 0 Å². The highest BCUT2D eigenvalue weighted by atomic mass is 16.2. The Hall–Kier alpha value is -0.570. The van der Waals surface area contributed by atoms with Crippen LogP contribution in [0.4, 0.5) is 0 Å². The fourth-order valence-corrected chi connectivity index (χ4v) is 3.60. The lowest BCUT2D eigenvalue weighted by Crippen LogP contribution is -2.43. The van der Waals surface area contributed by atoms with Crippen LogP contribution in [0.15, 0.2) is 0 Å². The second kappa shape index (κ2) is 4.74. The van der Waals surface area contributed by atoms with Crippen LogP contribution in [0.2, 0.25) is 0 Å². The fourth-order valence-electron chi connectivity index (χ4n) is 3.60. The zero-order chi connectivity index (χ0) is 11.7. The number of nitrogens with one attached hydrogen (secondary N) is 1. The van der Waals surface area contributed by atoms with Gasteiger partial charge in [-0.3, -0.25) is 4.79 Å². The minimum atomic E-state index is 0.167. The lowest BCUT2D eigenvalue weighted by atomic mass is 9.84. The van der Waals surface area contributed by atoms with E-state index in [0.717, 1.165) is 17.8 Å². The summed E-state index contributed by atoms with van der Waals surface area (Å²) in [6, 6.07) is 0.364. The molecule has 92 valence electrons. The third kappa shape index (κ3) is 2.57. The van der Waals surface area contributed by atoms with Crippen LogP contribution in [-0.2, 0) is 4.79 Å². The molecular formula is C13H24N2O. The number of fused-ring (bicyclic) bond motifs is 2. The molecule has 3 heteroatoms. The molecule has 2 aliphatic carbocycles. The molecule has 0 radical (unpaired) electrons. The largest absolute Gasteiger partial charge is 0.352 e. The lowest BCUT2D eigenvalue weighted by Gasteiger charge is -2.28. The first-order valence-electron chi connectivity index (χ1n) is 6.50. The number of likely N-dealkylation sites (N-methyl/N-ethyl adjacent to an activating group) is 1. The second-order valence-corrected chi connectivity index (χ2v) is 5.93. The molecule has 2 saturated carbocycles. The summed E-state index contributed by atoms with van der Waals surface area (Å²) in [6.45, 7) is 2.68. The zero-order valence-electron chi connectivity index (χ0n) is 10.7.